The maximum atomic E-state index is 13.4. The smallest absolute Gasteiger partial charge is 0.245 e. The molecule has 2 aromatic rings. The Labute approximate surface area is 179 Å². The first-order valence-corrected chi connectivity index (χ1v) is 11.3. The van der Waals surface area contributed by atoms with Crippen LogP contribution in [0, 0.1) is 5.92 Å². The Hall–Kier alpha value is -2.69. The molecule has 2 aliphatic rings. The van der Waals surface area contributed by atoms with Crippen molar-refractivity contribution in [3.8, 4) is 11.1 Å². The number of likely N-dealkylation sites (N-methyl/N-ethyl adjacent to an activating group) is 1. The molecule has 0 radical (unpaired) electrons. The van der Waals surface area contributed by atoms with Gasteiger partial charge in [-0.05, 0) is 48.6 Å². The number of hydrogen-bond donors (Lipinski definition) is 0. The van der Waals surface area contributed by atoms with Crippen LogP contribution in [0.2, 0.25) is 0 Å². The van der Waals surface area contributed by atoms with Crippen LogP contribution in [0.1, 0.15) is 44.6 Å². The molecular formula is C25H31N3O2. The fourth-order valence-electron chi connectivity index (χ4n) is 4.92. The Kier molecular flexibility index (Phi) is 6.46. The quantitative estimate of drug-likeness (QED) is 0.757. The van der Waals surface area contributed by atoms with Gasteiger partial charge in [-0.3, -0.25) is 14.6 Å². The van der Waals surface area contributed by atoms with Crippen LogP contribution < -0.4 is 0 Å². The van der Waals surface area contributed by atoms with Crippen LogP contribution in [0.25, 0.3) is 11.1 Å². The molecule has 5 heteroatoms. The summed E-state index contributed by atoms with van der Waals surface area (Å²) in [6.07, 6.45) is 9.50. The third-order valence-corrected chi connectivity index (χ3v) is 6.62. The van der Waals surface area contributed by atoms with E-state index in [-0.39, 0.29) is 17.7 Å². The number of nitrogens with zero attached hydrogens (tertiary/aromatic N) is 3. The van der Waals surface area contributed by atoms with E-state index in [9.17, 15) is 9.59 Å². The number of pyridine rings is 1. The van der Waals surface area contributed by atoms with E-state index in [1.54, 1.807) is 12.4 Å². The van der Waals surface area contributed by atoms with E-state index in [0.29, 0.717) is 26.1 Å². The molecule has 1 aromatic carbocycles. The minimum atomic E-state index is -0.420. The molecule has 2 amide bonds. The highest BCUT2D eigenvalue weighted by atomic mass is 16.2. The molecule has 5 nitrogen and oxygen atoms in total. The third-order valence-electron chi connectivity index (χ3n) is 6.62. The third kappa shape index (κ3) is 4.25. The summed E-state index contributed by atoms with van der Waals surface area (Å²) in [5, 5.41) is 0. The molecule has 2 fully saturated rings. The molecular weight excluding hydrogens is 374 g/mol. The number of carbonyl (C=O) groups excluding carboxylic acids is 2. The molecule has 0 spiro atoms. The number of carbonyl (C=O) groups is 2. The molecule has 1 atom stereocenters. The van der Waals surface area contributed by atoms with E-state index >= 15 is 0 Å². The van der Waals surface area contributed by atoms with Crippen molar-refractivity contribution >= 4 is 11.8 Å². The monoisotopic (exact) mass is 405 g/mol. The van der Waals surface area contributed by atoms with Gasteiger partial charge in [0.05, 0.1) is 0 Å². The van der Waals surface area contributed by atoms with E-state index in [0.717, 1.165) is 42.4 Å². The van der Waals surface area contributed by atoms with E-state index in [4.69, 9.17) is 0 Å². The molecule has 1 unspecified atom stereocenters. The van der Waals surface area contributed by atoms with Gasteiger partial charge in [-0.2, -0.15) is 0 Å². The van der Waals surface area contributed by atoms with Crippen LogP contribution in [0.4, 0.5) is 0 Å². The van der Waals surface area contributed by atoms with E-state index < -0.39 is 6.04 Å². The second kappa shape index (κ2) is 9.41. The number of benzene rings is 1. The fourth-order valence-corrected chi connectivity index (χ4v) is 4.92. The van der Waals surface area contributed by atoms with Gasteiger partial charge in [-0.15, -0.1) is 0 Å². The lowest BCUT2D eigenvalue weighted by atomic mass is 9.87. The number of aromatic nitrogens is 1. The Balaban J connectivity index is 1.63. The molecule has 1 aliphatic heterocycles. The first kappa shape index (κ1) is 20.6. The number of piperazine rings is 1. The summed E-state index contributed by atoms with van der Waals surface area (Å²) < 4.78 is 0. The average molecular weight is 406 g/mol. The van der Waals surface area contributed by atoms with Crippen molar-refractivity contribution in [1.29, 1.82) is 0 Å². The summed E-state index contributed by atoms with van der Waals surface area (Å²) in [5.41, 5.74) is 3.29. The van der Waals surface area contributed by atoms with Crippen LogP contribution in [-0.2, 0) is 16.0 Å². The highest BCUT2D eigenvalue weighted by Gasteiger charge is 2.39. The van der Waals surface area contributed by atoms with Crippen LogP contribution in [0.5, 0.6) is 0 Å². The molecule has 30 heavy (non-hydrogen) atoms. The Morgan fingerprint density at radius 3 is 2.50 bits per heavy atom. The van der Waals surface area contributed by atoms with Gasteiger partial charge in [-0.25, -0.2) is 0 Å². The predicted molar refractivity (Wildman–Crippen MR) is 118 cm³/mol. The highest BCUT2D eigenvalue weighted by Crippen LogP contribution is 2.30. The van der Waals surface area contributed by atoms with Crippen molar-refractivity contribution in [2.24, 2.45) is 5.92 Å². The summed E-state index contributed by atoms with van der Waals surface area (Å²) in [6.45, 7) is 3.97. The van der Waals surface area contributed by atoms with Gasteiger partial charge in [-0.1, -0.05) is 43.5 Å². The van der Waals surface area contributed by atoms with Gasteiger partial charge in [0.15, 0.2) is 0 Å². The van der Waals surface area contributed by atoms with Gasteiger partial charge in [0.25, 0.3) is 0 Å². The first-order chi connectivity index (χ1) is 14.7. The van der Waals surface area contributed by atoms with Crippen LogP contribution in [0.15, 0.2) is 48.8 Å². The molecule has 2 heterocycles. The van der Waals surface area contributed by atoms with Gasteiger partial charge >= 0.3 is 0 Å². The predicted octanol–water partition coefficient (Wildman–Crippen LogP) is 3.93. The second-order valence-corrected chi connectivity index (χ2v) is 8.40. The van der Waals surface area contributed by atoms with Crippen molar-refractivity contribution in [3.63, 3.8) is 0 Å². The van der Waals surface area contributed by atoms with Crippen LogP contribution >= 0.6 is 0 Å². The summed E-state index contributed by atoms with van der Waals surface area (Å²) in [7, 11) is 0. The Morgan fingerprint density at radius 1 is 1.03 bits per heavy atom. The summed E-state index contributed by atoms with van der Waals surface area (Å²) in [6, 6.07) is 11.8. The Bertz CT molecular complexity index is 877. The maximum Gasteiger partial charge on any atom is 0.245 e. The van der Waals surface area contributed by atoms with Gasteiger partial charge in [0, 0.05) is 44.4 Å². The van der Waals surface area contributed by atoms with E-state index in [1.165, 1.54) is 6.42 Å². The fraction of sp³-hybridized carbons (Fsp3) is 0.480. The topological polar surface area (TPSA) is 53.5 Å². The molecule has 1 aliphatic carbocycles. The standard InChI is InChI=1S/C25H31N3O2/c1-2-27-16-17-28(24(29)20-8-4-3-5-9-20)23(25(27)30)18-21-10-6-7-11-22(21)19-12-14-26-15-13-19/h6-7,10-15,20,23H,2-5,8-9,16-18H2,1H3. The van der Waals surface area contributed by atoms with Crippen molar-refractivity contribution in [2.75, 3.05) is 19.6 Å². The minimum absolute atomic E-state index is 0.0810. The van der Waals surface area contributed by atoms with Crippen LogP contribution in [0.3, 0.4) is 0 Å². The molecule has 1 aromatic heterocycles. The summed E-state index contributed by atoms with van der Waals surface area (Å²) in [5.74, 6) is 0.348. The van der Waals surface area contributed by atoms with Crippen molar-refractivity contribution in [3.05, 3.63) is 54.4 Å². The highest BCUT2D eigenvalue weighted by molar-refractivity contribution is 5.90. The minimum Gasteiger partial charge on any atom is -0.339 e. The van der Waals surface area contributed by atoms with Gasteiger partial charge in [0.2, 0.25) is 11.8 Å². The number of amides is 2. The molecule has 1 saturated carbocycles. The molecule has 0 bridgehead atoms. The van der Waals surface area contributed by atoms with Gasteiger partial charge < -0.3 is 9.80 Å². The van der Waals surface area contributed by atoms with Crippen LogP contribution in [-0.4, -0.2) is 52.3 Å². The normalized spacial score (nSPS) is 20.4. The van der Waals surface area contributed by atoms with Gasteiger partial charge in [0.1, 0.15) is 6.04 Å². The second-order valence-electron chi connectivity index (χ2n) is 8.40. The lowest BCUT2D eigenvalue weighted by molar-refractivity contribution is -0.154. The number of rotatable bonds is 5. The zero-order chi connectivity index (χ0) is 20.9. The molecule has 1 saturated heterocycles. The maximum absolute atomic E-state index is 13.4. The average Bonchev–Trinajstić information content (AvgIpc) is 2.81. The summed E-state index contributed by atoms with van der Waals surface area (Å²) >= 11 is 0. The van der Waals surface area contributed by atoms with Crippen molar-refractivity contribution < 1.29 is 9.59 Å². The lowest BCUT2D eigenvalue weighted by Crippen LogP contribution is -2.60. The lowest BCUT2D eigenvalue weighted by Gasteiger charge is -2.42. The zero-order valence-corrected chi connectivity index (χ0v) is 17.8. The SMILES string of the molecule is CCN1CCN(C(=O)C2CCCCC2)C(Cc2ccccc2-c2ccncc2)C1=O. The largest absolute Gasteiger partial charge is 0.339 e. The summed E-state index contributed by atoms with van der Waals surface area (Å²) in [4.78, 5) is 34.6. The molecule has 158 valence electrons. The first-order valence-electron chi connectivity index (χ1n) is 11.3. The van der Waals surface area contributed by atoms with E-state index in [1.807, 2.05) is 41.0 Å². The molecule has 4 rings (SSSR count). The molecule has 0 N–H and O–H groups in total. The van der Waals surface area contributed by atoms with Crippen molar-refractivity contribution in [1.82, 2.24) is 14.8 Å². The van der Waals surface area contributed by atoms with Crippen molar-refractivity contribution in [2.45, 2.75) is 51.5 Å². The number of hydrogen-bond acceptors (Lipinski definition) is 3. The van der Waals surface area contributed by atoms with E-state index in [2.05, 4.69) is 17.1 Å². The Morgan fingerprint density at radius 2 is 1.77 bits per heavy atom. The zero-order valence-electron chi connectivity index (χ0n) is 17.8.